The maximum absolute atomic E-state index is 4.54. The highest BCUT2D eigenvalue weighted by Gasteiger charge is 2.20. The quantitative estimate of drug-likeness (QED) is 0.774. The molecule has 0 aliphatic carbocycles. The summed E-state index contributed by atoms with van der Waals surface area (Å²) in [4.78, 5) is 8.85. The summed E-state index contributed by atoms with van der Waals surface area (Å²) in [6.45, 7) is 1.09. The highest BCUT2D eigenvalue weighted by atomic mass is 15.1. The summed E-state index contributed by atoms with van der Waals surface area (Å²) in [5.41, 5.74) is 3.32. The number of para-hydroxylation sites is 1. The number of benzene rings is 1. The molecule has 1 aliphatic rings. The fraction of sp³-hybridized carbons (Fsp3) is 0.250. The molecule has 1 fully saturated rings. The Morgan fingerprint density at radius 3 is 3.05 bits per heavy atom. The summed E-state index contributed by atoms with van der Waals surface area (Å²) in [6.07, 6.45) is 8.15. The van der Waals surface area contributed by atoms with Gasteiger partial charge in [0.15, 0.2) is 0 Å². The van der Waals surface area contributed by atoms with Crippen molar-refractivity contribution >= 4 is 10.9 Å². The highest BCUT2D eigenvalue weighted by molar-refractivity contribution is 5.80. The maximum atomic E-state index is 4.54. The summed E-state index contributed by atoms with van der Waals surface area (Å²) < 4.78 is 2.14. The first-order valence-electron chi connectivity index (χ1n) is 7.02. The zero-order valence-electron chi connectivity index (χ0n) is 11.2. The number of fused-ring (bicyclic) bond motifs is 1. The van der Waals surface area contributed by atoms with Gasteiger partial charge < -0.3 is 9.88 Å². The predicted molar refractivity (Wildman–Crippen MR) is 78.8 cm³/mol. The fourth-order valence-corrected chi connectivity index (χ4v) is 2.91. The number of rotatable bonds is 2. The number of imidazole rings is 1. The Labute approximate surface area is 117 Å². The minimum Gasteiger partial charge on any atom is -0.309 e. The molecule has 0 radical (unpaired) electrons. The zero-order chi connectivity index (χ0) is 13.4. The number of nitrogens with one attached hydrogen (secondary N) is 1. The summed E-state index contributed by atoms with van der Waals surface area (Å²) in [6, 6.07) is 10.8. The number of pyridine rings is 1. The average Bonchev–Trinajstić information content (AvgIpc) is 3.17. The smallest absolute Gasteiger partial charge is 0.0995 e. The largest absolute Gasteiger partial charge is 0.309 e. The number of hydrogen-bond acceptors (Lipinski definition) is 3. The van der Waals surface area contributed by atoms with E-state index in [1.165, 1.54) is 18.5 Å². The van der Waals surface area contributed by atoms with E-state index in [9.17, 15) is 0 Å². The van der Waals surface area contributed by atoms with Crippen LogP contribution in [0.3, 0.4) is 0 Å². The third-order valence-electron chi connectivity index (χ3n) is 3.94. The first kappa shape index (κ1) is 11.6. The van der Waals surface area contributed by atoms with E-state index in [4.69, 9.17) is 0 Å². The first-order chi connectivity index (χ1) is 9.92. The Hall–Kier alpha value is -2.20. The fourth-order valence-electron chi connectivity index (χ4n) is 2.91. The zero-order valence-corrected chi connectivity index (χ0v) is 11.2. The molecule has 0 spiro atoms. The van der Waals surface area contributed by atoms with Crippen molar-refractivity contribution in [1.29, 1.82) is 0 Å². The lowest BCUT2D eigenvalue weighted by Gasteiger charge is -2.14. The van der Waals surface area contributed by atoms with Gasteiger partial charge in [0.05, 0.1) is 35.6 Å². The summed E-state index contributed by atoms with van der Waals surface area (Å²) >= 11 is 0. The van der Waals surface area contributed by atoms with Gasteiger partial charge in [-0.15, -0.1) is 0 Å². The minimum absolute atomic E-state index is 0.406. The molecule has 3 aromatic rings. The topological polar surface area (TPSA) is 42.7 Å². The van der Waals surface area contributed by atoms with Gasteiger partial charge in [-0.05, 0) is 31.5 Å². The Morgan fingerprint density at radius 1 is 1.20 bits per heavy atom. The normalized spacial score (nSPS) is 18.7. The van der Waals surface area contributed by atoms with Crippen LogP contribution in [-0.2, 0) is 0 Å². The Bertz CT molecular complexity index is 741. The molecule has 20 heavy (non-hydrogen) atoms. The van der Waals surface area contributed by atoms with E-state index in [1.54, 1.807) is 0 Å². The van der Waals surface area contributed by atoms with Gasteiger partial charge in [0.1, 0.15) is 0 Å². The van der Waals surface area contributed by atoms with Crippen LogP contribution >= 0.6 is 0 Å². The molecule has 1 saturated heterocycles. The molecule has 1 atom stereocenters. The monoisotopic (exact) mass is 264 g/mol. The Kier molecular flexibility index (Phi) is 2.74. The first-order valence-corrected chi connectivity index (χ1v) is 7.02. The second kappa shape index (κ2) is 4.72. The van der Waals surface area contributed by atoms with Crippen LogP contribution in [0.1, 0.15) is 24.6 Å². The molecule has 4 rings (SSSR count). The van der Waals surface area contributed by atoms with Gasteiger partial charge in [0, 0.05) is 11.4 Å². The molecule has 1 aromatic carbocycles. The summed E-state index contributed by atoms with van der Waals surface area (Å²) in [5, 5.41) is 4.68. The van der Waals surface area contributed by atoms with Gasteiger partial charge in [0.2, 0.25) is 0 Å². The van der Waals surface area contributed by atoms with Crippen LogP contribution in [0.5, 0.6) is 0 Å². The van der Waals surface area contributed by atoms with E-state index >= 15 is 0 Å². The molecule has 0 saturated carbocycles. The minimum atomic E-state index is 0.406. The van der Waals surface area contributed by atoms with Crippen LogP contribution in [0.25, 0.3) is 16.6 Å². The SMILES string of the molecule is c1ccc2ncc(-n3cncc3C3CCCN3)cc2c1. The predicted octanol–water partition coefficient (Wildman–Crippen LogP) is 2.85. The number of hydrogen-bond donors (Lipinski definition) is 1. The van der Waals surface area contributed by atoms with Gasteiger partial charge in [-0.1, -0.05) is 18.2 Å². The molecule has 1 unspecified atom stereocenters. The van der Waals surface area contributed by atoms with E-state index in [0.717, 1.165) is 23.1 Å². The van der Waals surface area contributed by atoms with Crippen LogP contribution in [0.15, 0.2) is 49.1 Å². The molecular formula is C16H16N4. The lowest BCUT2D eigenvalue weighted by Crippen LogP contribution is -2.16. The van der Waals surface area contributed by atoms with Crippen molar-refractivity contribution in [1.82, 2.24) is 19.9 Å². The lowest BCUT2D eigenvalue weighted by molar-refractivity contribution is 0.615. The molecule has 3 heterocycles. The third kappa shape index (κ3) is 1.89. The summed E-state index contributed by atoms with van der Waals surface area (Å²) in [5.74, 6) is 0. The van der Waals surface area contributed by atoms with Crippen molar-refractivity contribution < 1.29 is 0 Å². The molecule has 1 aliphatic heterocycles. The Balaban J connectivity index is 1.80. The standard InChI is InChI=1S/C16H16N4/c1-2-5-14-12(4-1)8-13(9-19-14)20-11-17-10-16(20)15-6-3-7-18-15/h1-2,4-5,8-11,15,18H,3,6-7H2. The second-order valence-electron chi connectivity index (χ2n) is 5.22. The van der Waals surface area contributed by atoms with E-state index in [-0.39, 0.29) is 0 Å². The van der Waals surface area contributed by atoms with Gasteiger partial charge in [-0.3, -0.25) is 4.98 Å². The highest BCUT2D eigenvalue weighted by Crippen LogP contribution is 2.25. The maximum Gasteiger partial charge on any atom is 0.0995 e. The van der Waals surface area contributed by atoms with Gasteiger partial charge in [0.25, 0.3) is 0 Å². The van der Waals surface area contributed by atoms with E-state index in [1.807, 2.05) is 36.9 Å². The molecule has 4 heteroatoms. The van der Waals surface area contributed by atoms with Gasteiger partial charge in [-0.2, -0.15) is 0 Å². The van der Waals surface area contributed by atoms with Crippen LogP contribution in [0.4, 0.5) is 0 Å². The van der Waals surface area contributed by atoms with Crippen molar-refractivity contribution in [3.63, 3.8) is 0 Å². The summed E-state index contributed by atoms with van der Waals surface area (Å²) in [7, 11) is 0. The average molecular weight is 264 g/mol. The number of nitrogens with zero attached hydrogens (tertiary/aromatic N) is 3. The molecule has 4 nitrogen and oxygen atoms in total. The van der Waals surface area contributed by atoms with Crippen molar-refractivity contribution in [3.05, 3.63) is 54.7 Å². The molecule has 0 bridgehead atoms. The second-order valence-corrected chi connectivity index (χ2v) is 5.22. The van der Waals surface area contributed by atoms with Crippen LogP contribution in [0.2, 0.25) is 0 Å². The molecule has 2 aromatic heterocycles. The third-order valence-corrected chi connectivity index (χ3v) is 3.94. The van der Waals surface area contributed by atoms with E-state index < -0.39 is 0 Å². The molecular weight excluding hydrogens is 248 g/mol. The van der Waals surface area contributed by atoms with Crippen LogP contribution in [0, 0.1) is 0 Å². The van der Waals surface area contributed by atoms with Crippen LogP contribution < -0.4 is 5.32 Å². The molecule has 1 N–H and O–H groups in total. The van der Waals surface area contributed by atoms with Crippen LogP contribution in [-0.4, -0.2) is 21.1 Å². The van der Waals surface area contributed by atoms with Gasteiger partial charge >= 0.3 is 0 Å². The van der Waals surface area contributed by atoms with E-state index in [0.29, 0.717) is 6.04 Å². The van der Waals surface area contributed by atoms with E-state index in [2.05, 4.69) is 32.0 Å². The molecule has 0 amide bonds. The van der Waals surface area contributed by atoms with Crippen molar-refractivity contribution in [3.8, 4) is 5.69 Å². The number of aromatic nitrogens is 3. The van der Waals surface area contributed by atoms with Crippen molar-refractivity contribution in [2.45, 2.75) is 18.9 Å². The van der Waals surface area contributed by atoms with Crippen molar-refractivity contribution in [2.24, 2.45) is 0 Å². The lowest BCUT2D eigenvalue weighted by atomic mass is 10.1. The molecule has 100 valence electrons. The van der Waals surface area contributed by atoms with Gasteiger partial charge in [-0.25, -0.2) is 4.98 Å². The van der Waals surface area contributed by atoms with Crippen molar-refractivity contribution in [2.75, 3.05) is 6.54 Å². The Morgan fingerprint density at radius 2 is 2.15 bits per heavy atom.